The summed E-state index contributed by atoms with van der Waals surface area (Å²) in [4.78, 5) is 14.7. The van der Waals surface area contributed by atoms with E-state index in [4.69, 9.17) is 17.3 Å². The molecule has 1 unspecified atom stereocenters. The molecule has 1 aliphatic heterocycles. The second-order valence-electron chi connectivity index (χ2n) is 6.26. The number of nitrogens with two attached hydrogens (primary N) is 1. The van der Waals surface area contributed by atoms with Crippen molar-refractivity contribution in [1.29, 1.82) is 5.26 Å². The number of fused-ring (bicyclic) bond motifs is 1. The van der Waals surface area contributed by atoms with Gasteiger partial charge in [-0.05, 0) is 31.9 Å². The van der Waals surface area contributed by atoms with E-state index < -0.39 is 0 Å². The monoisotopic (exact) mass is 358 g/mol. The Hall–Kier alpha value is -2.43. The van der Waals surface area contributed by atoms with E-state index in [2.05, 4.69) is 21.0 Å². The topological polar surface area (TPSA) is 112 Å². The zero-order valence-electron chi connectivity index (χ0n) is 14.3. The lowest BCUT2D eigenvalue weighted by Gasteiger charge is -2.22. The Morgan fingerprint density at radius 1 is 1.28 bits per heavy atom. The molecule has 0 amide bonds. The second kappa shape index (κ2) is 6.47. The zero-order valence-corrected chi connectivity index (χ0v) is 15.1. The molecule has 2 aromatic rings. The molecule has 7 nitrogen and oxygen atoms in total. The quantitative estimate of drug-likeness (QED) is 0.807. The number of hydrogen-bond acceptors (Lipinski definition) is 7. The van der Waals surface area contributed by atoms with Gasteiger partial charge in [0, 0.05) is 35.8 Å². The highest BCUT2D eigenvalue weighted by atomic mass is 35.5. The summed E-state index contributed by atoms with van der Waals surface area (Å²) < 4.78 is 0. The average Bonchev–Trinajstić information content (AvgIpc) is 2.93. The molecule has 2 aromatic heterocycles. The first kappa shape index (κ1) is 17.4. The molecule has 8 heteroatoms. The lowest BCUT2D eigenvalue weighted by atomic mass is 10.0. The van der Waals surface area contributed by atoms with Gasteiger partial charge < -0.3 is 15.7 Å². The maximum Gasteiger partial charge on any atom is 0.223 e. The van der Waals surface area contributed by atoms with Crippen molar-refractivity contribution < 1.29 is 5.11 Å². The van der Waals surface area contributed by atoms with E-state index in [0.717, 1.165) is 22.4 Å². The van der Waals surface area contributed by atoms with Gasteiger partial charge in [-0.25, -0.2) is 9.97 Å². The number of aliphatic hydroxyl groups excluding tert-OH is 1. The molecule has 130 valence electrons. The molecule has 25 heavy (non-hydrogen) atoms. The van der Waals surface area contributed by atoms with Gasteiger partial charge in [0.2, 0.25) is 5.95 Å². The number of pyridine rings is 1. The summed E-state index contributed by atoms with van der Waals surface area (Å²) in [5, 5.41) is 19.4. The number of aliphatic hydroxyl groups is 1. The molecule has 0 aromatic carbocycles. The molecule has 0 spiro atoms. The van der Waals surface area contributed by atoms with Gasteiger partial charge in [0.05, 0.1) is 6.61 Å². The van der Waals surface area contributed by atoms with E-state index in [0.29, 0.717) is 30.2 Å². The Kier molecular flexibility index (Phi) is 4.50. The van der Waals surface area contributed by atoms with Crippen LogP contribution in [0.25, 0.3) is 0 Å². The summed E-state index contributed by atoms with van der Waals surface area (Å²) >= 11 is 6.22. The first-order chi connectivity index (χ1) is 11.9. The molecule has 0 aliphatic carbocycles. The molecule has 3 rings (SSSR count). The number of nitrogen functional groups attached to an aromatic ring is 1. The SMILES string of the molecule is Cc1nc(C#N)c(CN2CC(CO)c3c(Cl)nc(N)nc32)c(C)c1C. The van der Waals surface area contributed by atoms with E-state index in [-0.39, 0.29) is 23.6 Å². The number of anilines is 2. The molecule has 3 N–H and O–H groups in total. The van der Waals surface area contributed by atoms with Gasteiger partial charge in [0.25, 0.3) is 0 Å². The molecule has 0 bridgehead atoms. The zero-order chi connectivity index (χ0) is 18.3. The third-order valence-corrected chi connectivity index (χ3v) is 5.13. The van der Waals surface area contributed by atoms with Crippen molar-refractivity contribution in [3.8, 4) is 6.07 Å². The number of halogens is 1. The third-order valence-electron chi connectivity index (χ3n) is 4.84. The highest BCUT2D eigenvalue weighted by Crippen LogP contribution is 2.40. The van der Waals surface area contributed by atoms with Crippen molar-refractivity contribution in [3.63, 3.8) is 0 Å². The van der Waals surface area contributed by atoms with Gasteiger partial charge in [-0.3, -0.25) is 0 Å². The highest BCUT2D eigenvalue weighted by molar-refractivity contribution is 6.30. The highest BCUT2D eigenvalue weighted by Gasteiger charge is 2.34. The molecule has 0 saturated carbocycles. The lowest BCUT2D eigenvalue weighted by molar-refractivity contribution is 0.270. The predicted octanol–water partition coefficient (Wildman–Crippen LogP) is 2.00. The minimum Gasteiger partial charge on any atom is -0.396 e. The Bertz CT molecular complexity index is 892. The second-order valence-corrected chi connectivity index (χ2v) is 6.61. The van der Waals surface area contributed by atoms with Crippen LogP contribution in [0.5, 0.6) is 0 Å². The smallest absolute Gasteiger partial charge is 0.223 e. The minimum atomic E-state index is -0.187. The van der Waals surface area contributed by atoms with Crippen molar-refractivity contribution in [1.82, 2.24) is 15.0 Å². The van der Waals surface area contributed by atoms with Crippen LogP contribution in [0.1, 0.15) is 39.6 Å². The van der Waals surface area contributed by atoms with Gasteiger partial charge in [-0.2, -0.15) is 10.2 Å². The largest absolute Gasteiger partial charge is 0.396 e. The summed E-state index contributed by atoms with van der Waals surface area (Å²) in [5.41, 5.74) is 10.6. The summed E-state index contributed by atoms with van der Waals surface area (Å²) in [6, 6.07) is 2.18. The van der Waals surface area contributed by atoms with Crippen LogP contribution in [0.15, 0.2) is 0 Å². The molecule has 3 heterocycles. The van der Waals surface area contributed by atoms with Crippen LogP contribution in [0, 0.1) is 32.1 Å². The van der Waals surface area contributed by atoms with Crippen LogP contribution in [0.2, 0.25) is 5.15 Å². The number of aromatic nitrogens is 3. The number of nitrogens with zero attached hydrogens (tertiary/aromatic N) is 5. The van der Waals surface area contributed by atoms with Gasteiger partial charge in [-0.15, -0.1) is 0 Å². The Labute approximate surface area is 151 Å². The van der Waals surface area contributed by atoms with Crippen LogP contribution >= 0.6 is 11.6 Å². The van der Waals surface area contributed by atoms with Crippen LogP contribution in [-0.2, 0) is 6.54 Å². The van der Waals surface area contributed by atoms with Gasteiger partial charge >= 0.3 is 0 Å². The van der Waals surface area contributed by atoms with Crippen LogP contribution in [0.3, 0.4) is 0 Å². The summed E-state index contributed by atoms with van der Waals surface area (Å²) in [6.07, 6.45) is 0. The molecule has 1 aliphatic rings. The van der Waals surface area contributed by atoms with Crippen molar-refractivity contribution >= 4 is 23.4 Å². The number of hydrogen-bond donors (Lipinski definition) is 2. The minimum absolute atomic E-state index is 0.0637. The van der Waals surface area contributed by atoms with E-state index in [9.17, 15) is 10.4 Å². The van der Waals surface area contributed by atoms with Gasteiger partial charge in [0.15, 0.2) is 0 Å². The van der Waals surface area contributed by atoms with Crippen molar-refractivity contribution in [2.75, 3.05) is 23.8 Å². The van der Waals surface area contributed by atoms with Crippen molar-refractivity contribution in [2.45, 2.75) is 33.2 Å². The van der Waals surface area contributed by atoms with Crippen molar-refractivity contribution in [2.24, 2.45) is 0 Å². The van der Waals surface area contributed by atoms with Gasteiger partial charge in [0.1, 0.15) is 22.7 Å². The van der Waals surface area contributed by atoms with Crippen molar-refractivity contribution in [3.05, 3.63) is 38.8 Å². The fourth-order valence-electron chi connectivity index (χ4n) is 3.24. The Morgan fingerprint density at radius 2 is 2.00 bits per heavy atom. The maximum atomic E-state index is 9.69. The maximum absolute atomic E-state index is 9.69. The summed E-state index contributed by atoms with van der Waals surface area (Å²) in [6.45, 7) is 6.79. The van der Waals surface area contributed by atoms with E-state index >= 15 is 0 Å². The lowest BCUT2D eigenvalue weighted by Crippen LogP contribution is -2.24. The van der Waals surface area contributed by atoms with Crippen LogP contribution in [-0.4, -0.2) is 33.2 Å². The molecular weight excluding hydrogens is 340 g/mol. The number of nitriles is 1. The first-order valence-corrected chi connectivity index (χ1v) is 8.30. The number of aryl methyl sites for hydroxylation is 1. The summed E-state index contributed by atoms with van der Waals surface area (Å²) in [7, 11) is 0. The fourth-order valence-corrected chi connectivity index (χ4v) is 3.57. The molecular formula is C17H19ClN6O. The van der Waals surface area contributed by atoms with E-state index in [1.807, 2.05) is 25.7 Å². The fraction of sp³-hybridized carbons (Fsp3) is 0.412. The van der Waals surface area contributed by atoms with E-state index in [1.165, 1.54) is 0 Å². The molecule has 0 saturated heterocycles. The van der Waals surface area contributed by atoms with E-state index in [1.54, 1.807) is 0 Å². The third kappa shape index (κ3) is 2.88. The molecule has 0 radical (unpaired) electrons. The average molecular weight is 359 g/mol. The standard InChI is InChI=1S/C17H19ClN6O/c1-8-9(2)12(13(4-19)21-10(8)3)6-24-5-11(7-25)14-15(18)22-17(20)23-16(14)24/h11,25H,5-7H2,1-3H3,(H2,20,22,23). The Morgan fingerprint density at radius 3 is 2.64 bits per heavy atom. The van der Waals surface area contributed by atoms with Gasteiger partial charge in [-0.1, -0.05) is 11.6 Å². The molecule has 0 fully saturated rings. The number of rotatable bonds is 3. The van der Waals surface area contributed by atoms with Crippen LogP contribution < -0.4 is 10.6 Å². The Balaban J connectivity index is 2.08. The molecule has 1 atom stereocenters. The normalized spacial score (nSPS) is 16.0. The summed E-state index contributed by atoms with van der Waals surface area (Å²) in [5.74, 6) is 0.509. The first-order valence-electron chi connectivity index (χ1n) is 7.92. The predicted molar refractivity (Wildman–Crippen MR) is 95.5 cm³/mol. The van der Waals surface area contributed by atoms with Crippen LogP contribution in [0.4, 0.5) is 11.8 Å².